The van der Waals surface area contributed by atoms with Gasteiger partial charge in [0.25, 0.3) is 5.69 Å². The van der Waals surface area contributed by atoms with Gasteiger partial charge in [0.1, 0.15) is 0 Å². The van der Waals surface area contributed by atoms with Gasteiger partial charge in [0.15, 0.2) is 5.82 Å². The van der Waals surface area contributed by atoms with Crippen LogP contribution in [-0.2, 0) is 9.47 Å². The Morgan fingerprint density at radius 1 is 1.47 bits per heavy atom. The summed E-state index contributed by atoms with van der Waals surface area (Å²) in [4.78, 5) is 11.7. The highest BCUT2D eigenvalue weighted by Gasteiger charge is 2.29. The van der Waals surface area contributed by atoms with Crippen molar-refractivity contribution in [2.24, 2.45) is 0 Å². The summed E-state index contributed by atoms with van der Waals surface area (Å²) in [5.74, 6) is -0.579. The molecular weight excluding hydrogens is 255 g/mol. The molecule has 1 saturated heterocycles. The average molecular weight is 270 g/mol. The van der Waals surface area contributed by atoms with Crippen LogP contribution in [0.3, 0.4) is 0 Å². The van der Waals surface area contributed by atoms with Crippen molar-refractivity contribution in [3.63, 3.8) is 0 Å². The van der Waals surface area contributed by atoms with E-state index in [-0.39, 0.29) is 11.8 Å². The number of nitro groups is 1. The number of methoxy groups -OCH3 is 1. The van der Waals surface area contributed by atoms with Gasteiger partial charge in [-0.3, -0.25) is 10.1 Å². The molecule has 104 valence electrons. The summed E-state index contributed by atoms with van der Waals surface area (Å²) < 4.78 is 24.0. The van der Waals surface area contributed by atoms with Crippen molar-refractivity contribution in [3.8, 4) is 0 Å². The van der Waals surface area contributed by atoms with Crippen molar-refractivity contribution in [3.05, 3.63) is 34.1 Å². The molecule has 1 fully saturated rings. The summed E-state index contributed by atoms with van der Waals surface area (Å²) >= 11 is 0. The molecule has 0 aliphatic carbocycles. The Morgan fingerprint density at radius 2 is 2.21 bits per heavy atom. The van der Waals surface area contributed by atoms with E-state index in [1.165, 1.54) is 12.1 Å². The Kier molecular flexibility index (Phi) is 4.28. The van der Waals surface area contributed by atoms with Gasteiger partial charge in [0.2, 0.25) is 0 Å². The molecule has 0 aromatic heterocycles. The minimum atomic E-state index is -0.611. The second kappa shape index (κ2) is 5.94. The molecule has 0 N–H and O–H groups in total. The molecule has 2 rings (SSSR count). The lowest BCUT2D eigenvalue weighted by Crippen LogP contribution is -2.53. The van der Waals surface area contributed by atoms with Crippen LogP contribution in [0.1, 0.15) is 0 Å². The third-order valence-corrected chi connectivity index (χ3v) is 2.97. The number of anilines is 1. The summed E-state index contributed by atoms with van der Waals surface area (Å²) in [7, 11) is 1.60. The van der Waals surface area contributed by atoms with Gasteiger partial charge in [-0.1, -0.05) is 0 Å². The minimum Gasteiger partial charge on any atom is -0.382 e. The summed E-state index contributed by atoms with van der Waals surface area (Å²) in [5.41, 5.74) is 0.131. The van der Waals surface area contributed by atoms with Gasteiger partial charge in [0, 0.05) is 26.3 Å². The predicted octanol–water partition coefficient (Wildman–Crippen LogP) is 1.59. The fraction of sp³-hybridized carbons (Fsp3) is 0.500. The number of hydrogen-bond acceptors (Lipinski definition) is 5. The van der Waals surface area contributed by atoms with Gasteiger partial charge < -0.3 is 14.4 Å². The van der Waals surface area contributed by atoms with E-state index in [0.717, 1.165) is 6.07 Å². The van der Waals surface area contributed by atoms with E-state index in [9.17, 15) is 14.5 Å². The van der Waals surface area contributed by atoms with Gasteiger partial charge >= 0.3 is 0 Å². The summed E-state index contributed by atoms with van der Waals surface area (Å²) in [5, 5.41) is 10.5. The molecule has 6 nitrogen and oxygen atoms in total. The lowest BCUT2D eigenvalue weighted by atomic mass is 10.1. The number of benzene rings is 1. The van der Waals surface area contributed by atoms with E-state index in [2.05, 4.69) is 0 Å². The van der Waals surface area contributed by atoms with Crippen LogP contribution < -0.4 is 4.90 Å². The van der Waals surface area contributed by atoms with Crippen LogP contribution in [0.15, 0.2) is 18.2 Å². The number of non-ortho nitro benzene ring substituents is 1. The molecule has 0 bridgehead atoms. The molecule has 0 atom stereocenters. The normalized spacial score (nSPS) is 15.4. The molecule has 0 unspecified atom stereocenters. The summed E-state index contributed by atoms with van der Waals surface area (Å²) in [6, 6.07) is 3.67. The molecule has 0 amide bonds. The molecule has 1 heterocycles. The predicted molar refractivity (Wildman–Crippen MR) is 66.9 cm³/mol. The lowest BCUT2D eigenvalue weighted by Gasteiger charge is -2.40. The molecule has 1 aromatic rings. The van der Waals surface area contributed by atoms with E-state index < -0.39 is 10.7 Å². The van der Waals surface area contributed by atoms with E-state index in [0.29, 0.717) is 32.0 Å². The maximum atomic E-state index is 13.7. The van der Waals surface area contributed by atoms with Crippen molar-refractivity contribution in [1.29, 1.82) is 0 Å². The van der Waals surface area contributed by atoms with Crippen LogP contribution in [0.5, 0.6) is 0 Å². The quantitative estimate of drug-likeness (QED) is 0.446. The Labute approximate surface area is 109 Å². The van der Waals surface area contributed by atoms with Crippen LogP contribution in [0.25, 0.3) is 0 Å². The topological polar surface area (TPSA) is 64.8 Å². The number of nitro benzene ring substituents is 1. The first-order chi connectivity index (χ1) is 9.11. The molecular formula is C12H15FN2O4. The van der Waals surface area contributed by atoms with Gasteiger partial charge in [-0.05, 0) is 6.07 Å². The van der Waals surface area contributed by atoms with Crippen molar-refractivity contribution in [2.75, 3.05) is 38.3 Å². The van der Waals surface area contributed by atoms with Crippen LogP contribution >= 0.6 is 0 Å². The van der Waals surface area contributed by atoms with Crippen molar-refractivity contribution < 1.29 is 18.8 Å². The van der Waals surface area contributed by atoms with Crippen LogP contribution in [0.4, 0.5) is 15.8 Å². The largest absolute Gasteiger partial charge is 0.382 e. The van der Waals surface area contributed by atoms with Gasteiger partial charge in [-0.15, -0.1) is 0 Å². The monoisotopic (exact) mass is 270 g/mol. The second-order valence-corrected chi connectivity index (χ2v) is 4.28. The standard InChI is InChI=1S/C12H15FN2O4/c1-18-4-5-19-10-7-14(8-10)12-3-2-9(15(16)17)6-11(12)13/h2-3,6,10H,4-5,7-8H2,1H3. The average Bonchev–Trinajstić information content (AvgIpc) is 2.33. The van der Waals surface area contributed by atoms with E-state index in [1.807, 2.05) is 0 Å². The number of rotatable bonds is 6. The number of nitrogens with zero attached hydrogens (tertiary/aromatic N) is 2. The zero-order valence-corrected chi connectivity index (χ0v) is 10.5. The second-order valence-electron chi connectivity index (χ2n) is 4.28. The Balaban J connectivity index is 1.89. The highest BCUT2D eigenvalue weighted by atomic mass is 19.1. The van der Waals surface area contributed by atoms with Gasteiger partial charge in [-0.25, -0.2) is 4.39 Å². The molecule has 0 saturated carbocycles. The zero-order valence-electron chi connectivity index (χ0n) is 10.5. The first-order valence-corrected chi connectivity index (χ1v) is 5.91. The fourth-order valence-corrected chi connectivity index (χ4v) is 1.90. The van der Waals surface area contributed by atoms with Gasteiger partial charge in [0.05, 0.1) is 36.0 Å². The third-order valence-electron chi connectivity index (χ3n) is 2.97. The summed E-state index contributed by atoms with van der Waals surface area (Å²) in [6.45, 7) is 2.21. The van der Waals surface area contributed by atoms with E-state index in [1.54, 1.807) is 12.0 Å². The fourth-order valence-electron chi connectivity index (χ4n) is 1.90. The first kappa shape index (κ1) is 13.7. The maximum absolute atomic E-state index is 13.7. The lowest BCUT2D eigenvalue weighted by molar-refractivity contribution is -0.385. The van der Waals surface area contributed by atoms with E-state index >= 15 is 0 Å². The zero-order chi connectivity index (χ0) is 13.8. The van der Waals surface area contributed by atoms with Crippen LogP contribution in [0, 0.1) is 15.9 Å². The first-order valence-electron chi connectivity index (χ1n) is 5.91. The number of ether oxygens (including phenoxy) is 2. The van der Waals surface area contributed by atoms with Gasteiger partial charge in [-0.2, -0.15) is 0 Å². The van der Waals surface area contributed by atoms with Crippen molar-refractivity contribution in [1.82, 2.24) is 0 Å². The Bertz CT molecular complexity index is 463. The Hall–Kier alpha value is -1.73. The molecule has 1 aliphatic heterocycles. The molecule has 1 aromatic carbocycles. The molecule has 7 heteroatoms. The maximum Gasteiger partial charge on any atom is 0.272 e. The smallest absolute Gasteiger partial charge is 0.272 e. The highest BCUT2D eigenvalue weighted by molar-refractivity contribution is 5.54. The van der Waals surface area contributed by atoms with Crippen molar-refractivity contribution >= 4 is 11.4 Å². The number of halogens is 1. The van der Waals surface area contributed by atoms with Crippen LogP contribution in [-0.4, -0.2) is 44.4 Å². The molecule has 0 radical (unpaired) electrons. The highest BCUT2D eigenvalue weighted by Crippen LogP contribution is 2.28. The molecule has 1 aliphatic rings. The number of hydrogen-bond donors (Lipinski definition) is 0. The van der Waals surface area contributed by atoms with E-state index in [4.69, 9.17) is 9.47 Å². The SMILES string of the molecule is COCCOC1CN(c2ccc([N+](=O)[O-])cc2F)C1. The van der Waals surface area contributed by atoms with Crippen LogP contribution in [0.2, 0.25) is 0 Å². The molecule has 19 heavy (non-hydrogen) atoms. The Morgan fingerprint density at radius 3 is 2.79 bits per heavy atom. The third kappa shape index (κ3) is 3.18. The minimum absolute atomic E-state index is 0.0599. The molecule has 0 spiro atoms. The summed E-state index contributed by atoms with van der Waals surface area (Å²) in [6.07, 6.45) is 0.0599. The van der Waals surface area contributed by atoms with Crippen molar-refractivity contribution in [2.45, 2.75) is 6.10 Å².